The number of amides is 1. The number of esters is 1. The number of nitrogens with two attached hydrogens (primary N) is 1. The molecule has 1 aromatic carbocycles. The molecule has 0 spiro atoms. The molecule has 0 radical (unpaired) electrons. The first-order chi connectivity index (χ1) is 8.45. The largest absolute Gasteiger partial charge is 0.465 e. The third kappa shape index (κ3) is 3.63. The summed E-state index contributed by atoms with van der Waals surface area (Å²) in [5.74, 6) is -0.762. The number of nitrogens with zero attached hydrogens (tertiary/aromatic N) is 1. The first-order valence-corrected chi connectivity index (χ1v) is 5.79. The predicted octanol–water partition coefficient (Wildman–Crippen LogP) is 1.56. The lowest BCUT2D eigenvalue weighted by Crippen LogP contribution is -2.33. The third-order valence-corrected chi connectivity index (χ3v) is 2.61. The van der Waals surface area contributed by atoms with Gasteiger partial charge in [0.1, 0.15) is 6.54 Å². The van der Waals surface area contributed by atoms with Crippen LogP contribution in [0.1, 0.15) is 17.3 Å². The summed E-state index contributed by atoms with van der Waals surface area (Å²) in [6.07, 6.45) is 0. The fourth-order valence-corrected chi connectivity index (χ4v) is 1.49. The highest BCUT2D eigenvalue weighted by Crippen LogP contribution is 2.20. The summed E-state index contributed by atoms with van der Waals surface area (Å²) in [5.41, 5.74) is 6.32. The van der Waals surface area contributed by atoms with E-state index in [1.807, 2.05) is 0 Å². The summed E-state index contributed by atoms with van der Waals surface area (Å²) in [5, 5.41) is 0.389. The van der Waals surface area contributed by atoms with E-state index in [9.17, 15) is 9.59 Å². The van der Waals surface area contributed by atoms with Crippen LogP contribution in [-0.2, 0) is 9.53 Å². The van der Waals surface area contributed by atoms with Crippen LogP contribution < -0.4 is 5.73 Å². The van der Waals surface area contributed by atoms with Crippen LogP contribution in [0.25, 0.3) is 0 Å². The van der Waals surface area contributed by atoms with Crippen LogP contribution in [0.3, 0.4) is 0 Å². The molecule has 98 valence electrons. The smallest absolute Gasteiger partial charge is 0.325 e. The van der Waals surface area contributed by atoms with Crippen LogP contribution in [0.5, 0.6) is 0 Å². The zero-order chi connectivity index (χ0) is 13.7. The molecule has 0 atom stereocenters. The Balaban J connectivity index is 2.74. The average Bonchev–Trinajstić information content (AvgIpc) is 2.32. The van der Waals surface area contributed by atoms with Crippen molar-refractivity contribution in [2.24, 2.45) is 0 Å². The van der Waals surface area contributed by atoms with Crippen LogP contribution in [-0.4, -0.2) is 37.0 Å². The van der Waals surface area contributed by atoms with Crippen molar-refractivity contribution in [2.45, 2.75) is 6.92 Å². The van der Waals surface area contributed by atoms with Crippen molar-refractivity contribution in [3.05, 3.63) is 28.8 Å². The SMILES string of the molecule is CCOC(=O)CN(C)C(=O)c1ccc(Cl)c(N)c1. The van der Waals surface area contributed by atoms with Crippen molar-refractivity contribution < 1.29 is 14.3 Å². The molecule has 1 aromatic rings. The number of carbonyl (C=O) groups excluding carboxylic acids is 2. The molecule has 1 amide bonds. The van der Waals surface area contributed by atoms with Gasteiger partial charge in [-0.15, -0.1) is 0 Å². The van der Waals surface area contributed by atoms with E-state index in [1.165, 1.54) is 18.0 Å². The first kappa shape index (κ1) is 14.3. The van der Waals surface area contributed by atoms with Crippen molar-refractivity contribution in [1.29, 1.82) is 0 Å². The first-order valence-electron chi connectivity index (χ1n) is 5.41. The highest BCUT2D eigenvalue weighted by molar-refractivity contribution is 6.33. The van der Waals surface area contributed by atoms with Gasteiger partial charge < -0.3 is 15.4 Å². The highest BCUT2D eigenvalue weighted by atomic mass is 35.5. The van der Waals surface area contributed by atoms with Gasteiger partial charge in [-0.1, -0.05) is 11.6 Å². The van der Waals surface area contributed by atoms with E-state index in [0.29, 0.717) is 16.3 Å². The Morgan fingerprint density at radius 3 is 2.67 bits per heavy atom. The Labute approximate surface area is 110 Å². The minimum absolute atomic E-state index is 0.102. The topological polar surface area (TPSA) is 72.6 Å². The Bertz CT molecular complexity index is 463. The molecule has 0 aliphatic carbocycles. The van der Waals surface area contributed by atoms with Crippen LogP contribution in [0.15, 0.2) is 18.2 Å². The molecule has 0 saturated heterocycles. The maximum absolute atomic E-state index is 12.0. The van der Waals surface area contributed by atoms with Gasteiger partial charge in [0.15, 0.2) is 0 Å². The van der Waals surface area contributed by atoms with E-state index in [-0.39, 0.29) is 19.1 Å². The van der Waals surface area contributed by atoms with Crippen LogP contribution >= 0.6 is 11.6 Å². The summed E-state index contributed by atoms with van der Waals surface area (Å²) in [6, 6.07) is 4.58. The molecule has 2 N–H and O–H groups in total. The van der Waals surface area contributed by atoms with Gasteiger partial charge in [-0.2, -0.15) is 0 Å². The molecule has 5 nitrogen and oxygen atoms in total. The average molecular weight is 271 g/mol. The number of halogens is 1. The van der Waals surface area contributed by atoms with Crippen molar-refractivity contribution in [3.63, 3.8) is 0 Å². The van der Waals surface area contributed by atoms with Gasteiger partial charge in [-0.25, -0.2) is 0 Å². The maximum Gasteiger partial charge on any atom is 0.325 e. The number of anilines is 1. The number of hydrogen-bond acceptors (Lipinski definition) is 4. The molecule has 1 rings (SSSR count). The summed E-state index contributed by atoms with van der Waals surface area (Å²) in [6.45, 7) is 1.89. The van der Waals surface area contributed by atoms with E-state index < -0.39 is 5.97 Å². The second-order valence-corrected chi connectivity index (χ2v) is 4.11. The van der Waals surface area contributed by atoms with Crippen molar-refractivity contribution in [3.8, 4) is 0 Å². The summed E-state index contributed by atoms with van der Waals surface area (Å²) < 4.78 is 4.76. The number of carbonyl (C=O) groups is 2. The third-order valence-electron chi connectivity index (χ3n) is 2.26. The molecule has 0 aliphatic rings. The normalized spacial score (nSPS) is 9.94. The zero-order valence-corrected chi connectivity index (χ0v) is 11.0. The fourth-order valence-electron chi connectivity index (χ4n) is 1.37. The standard InChI is InChI=1S/C12H15ClN2O3/c1-3-18-11(16)7-15(2)12(17)8-4-5-9(13)10(14)6-8/h4-6H,3,7,14H2,1-2H3. The maximum atomic E-state index is 12.0. The summed E-state index contributed by atoms with van der Waals surface area (Å²) in [7, 11) is 1.52. The number of rotatable bonds is 4. The Hall–Kier alpha value is -1.75. The van der Waals surface area contributed by atoms with E-state index in [1.54, 1.807) is 19.1 Å². The molecule has 0 aromatic heterocycles. The zero-order valence-electron chi connectivity index (χ0n) is 10.3. The number of likely N-dealkylation sites (N-methyl/N-ethyl adjacent to an activating group) is 1. The Morgan fingerprint density at radius 1 is 1.44 bits per heavy atom. The van der Waals surface area contributed by atoms with Gasteiger partial charge in [0.05, 0.1) is 17.3 Å². The predicted molar refractivity (Wildman–Crippen MR) is 69.5 cm³/mol. The molecule has 18 heavy (non-hydrogen) atoms. The van der Waals surface area contributed by atoms with Crippen LogP contribution in [0, 0.1) is 0 Å². The van der Waals surface area contributed by atoms with Gasteiger partial charge >= 0.3 is 5.97 Å². The fraction of sp³-hybridized carbons (Fsp3) is 0.333. The molecule has 0 fully saturated rings. The molecular weight excluding hydrogens is 256 g/mol. The molecule has 0 bridgehead atoms. The molecule has 0 saturated carbocycles. The molecular formula is C12H15ClN2O3. The minimum Gasteiger partial charge on any atom is -0.465 e. The number of ether oxygens (including phenoxy) is 1. The van der Waals surface area contributed by atoms with Crippen LogP contribution in [0.4, 0.5) is 5.69 Å². The Kier molecular flexibility index (Phi) is 4.97. The van der Waals surface area contributed by atoms with E-state index in [4.69, 9.17) is 22.1 Å². The van der Waals surface area contributed by atoms with Gasteiger partial charge in [-0.05, 0) is 25.1 Å². The second kappa shape index (κ2) is 6.26. The minimum atomic E-state index is -0.449. The summed E-state index contributed by atoms with van der Waals surface area (Å²) in [4.78, 5) is 24.5. The van der Waals surface area contributed by atoms with E-state index in [2.05, 4.69) is 0 Å². The molecule has 6 heteroatoms. The van der Waals surface area contributed by atoms with Gasteiger partial charge in [0, 0.05) is 12.6 Å². The van der Waals surface area contributed by atoms with Crippen molar-refractivity contribution in [1.82, 2.24) is 4.90 Å². The van der Waals surface area contributed by atoms with Crippen molar-refractivity contribution in [2.75, 3.05) is 25.9 Å². The van der Waals surface area contributed by atoms with Crippen LogP contribution in [0.2, 0.25) is 5.02 Å². The lowest BCUT2D eigenvalue weighted by atomic mass is 10.2. The van der Waals surface area contributed by atoms with E-state index in [0.717, 1.165) is 0 Å². The Morgan fingerprint density at radius 2 is 2.11 bits per heavy atom. The molecule has 0 heterocycles. The highest BCUT2D eigenvalue weighted by Gasteiger charge is 2.16. The quantitative estimate of drug-likeness (QED) is 0.666. The number of benzene rings is 1. The molecule has 0 unspecified atom stereocenters. The van der Waals surface area contributed by atoms with Gasteiger partial charge in [-0.3, -0.25) is 9.59 Å². The van der Waals surface area contributed by atoms with Gasteiger partial charge in [0.2, 0.25) is 0 Å². The molecule has 0 aliphatic heterocycles. The van der Waals surface area contributed by atoms with Crippen molar-refractivity contribution >= 4 is 29.2 Å². The van der Waals surface area contributed by atoms with Gasteiger partial charge in [0.25, 0.3) is 5.91 Å². The monoisotopic (exact) mass is 270 g/mol. The summed E-state index contributed by atoms with van der Waals surface area (Å²) >= 11 is 5.77. The lowest BCUT2D eigenvalue weighted by molar-refractivity contribution is -0.143. The van der Waals surface area contributed by atoms with E-state index >= 15 is 0 Å². The number of hydrogen-bond donors (Lipinski definition) is 1. The number of nitrogen functional groups attached to an aromatic ring is 1. The second-order valence-electron chi connectivity index (χ2n) is 3.70. The lowest BCUT2D eigenvalue weighted by Gasteiger charge is -2.16.